The van der Waals surface area contributed by atoms with E-state index in [-0.39, 0.29) is 29.4 Å². The molecule has 0 fully saturated rings. The molecule has 0 aliphatic heterocycles. The van der Waals surface area contributed by atoms with Crippen LogP contribution in [0.3, 0.4) is 0 Å². The van der Waals surface area contributed by atoms with Crippen LogP contribution in [0.25, 0.3) is 5.52 Å². The Labute approximate surface area is 139 Å². The van der Waals surface area contributed by atoms with Gasteiger partial charge >= 0.3 is 0 Å². The number of carbonyl (C=O) groups is 2. The molecule has 0 atom stereocenters. The maximum Gasteiger partial charge on any atom is 0.287 e. The van der Waals surface area contributed by atoms with E-state index in [0.29, 0.717) is 11.2 Å². The number of nitrogens with one attached hydrogen (secondary N) is 2. The third-order valence-corrected chi connectivity index (χ3v) is 3.42. The summed E-state index contributed by atoms with van der Waals surface area (Å²) in [6, 6.07) is 14.5. The number of rotatable bonds is 4. The lowest BCUT2D eigenvalue weighted by Gasteiger charge is -2.06. The van der Waals surface area contributed by atoms with E-state index in [1.807, 2.05) is 32.0 Å². The van der Waals surface area contributed by atoms with Gasteiger partial charge in [-0.2, -0.15) is 0 Å². The zero-order valence-corrected chi connectivity index (χ0v) is 13.5. The number of hydrogen-bond acceptors (Lipinski definition) is 3. The fraction of sp³-hybridized carbons (Fsp3) is 0.167. The van der Waals surface area contributed by atoms with Crippen molar-refractivity contribution in [2.24, 2.45) is 0 Å². The molecule has 2 heterocycles. The van der Waals surface area contributed by atoms with Crippen LogP contribution in [0.4, 0.5) is 5.69 Å². The van der Waals surface area contributed by atoms with Crippen molar-refractivity contribution in [2.75, 3.05) is 5.32 Å². The van der Waals surface area contributed by atoms with E-state index in [4.69, 9.17) is 0 Å². The highest BCUT2D eigenvalue weighted by molar-refractivity contribution is 6.08. The van der Waals surface area contributed by atoms with E-state index < -0.39 is 0 Å². The summed E-state index contributed by atoms with van der Waals surface area (Å²) in [6.07, 6.45) is 1.72. The number of carbonyl (C=O) groups excluding carboxylic acids is 2. The quantitative estimate of drug-likeness (QED) is 0.775. The van der Waals surface area contributed by atoms with E-state index in [1.54, 1.807) is 40.9 Å². The van der Waals surface area contributed by atoms with Crippen LogP contribution >= 0.6 is 0 Å². The summed E-state index contributed by atoms with van der Waals surface area (Å²) in [7, 11) is 0. The predicted molar refractivity (Wildman–Crippen MR) is 92.2 cm³/mol. The van der Waals surface area contributed by atoms with Gasteiger partial charge in [-0.1, -0.05) is 24.3 Å². The number of imidazole rings is 1. The highest BCUT2D eigenvalue weighted by Gasteiger charge is 2.21. The molecule has 6 nitrogen and oxygen atoms in total. The van der Waals surface area contributed by atoms with Crippen molar-refractivity contribution in [3.63, 3.8) is 0 Å². The maximum absolute atomic E-state index is 12.6. The van der Waals surface area contributed by atoms with Gasteiger partial charge in [-0.15, -0.1) is 0 Å². The van der Waals surface area contributed by atoms with Crippen LogP contribution in [0.15, 0.2) is 54.7 Å². The first kappa shape index (κ1) is 15.7. The number of para-hydroxylation sites is 1. The smallest absolute Gasteiger partial charge is 0.287 e. The summed E-state index contributed by atoms with van der Waals surface area (Å²) in [5.41, 5.74) is 1.47. The summed E-state index contributed by atoms with van der Waals surface area (Å²) in [5.74, 6) is -0.476. The van der Waals surface area contributed by atoms with Gasteiger partial charge < -0.3 is 10.6 Å². The normalized spacial score (nSPS) is 10.8. The first-order valence-corrected chi connectivity index (χ1v) is 7.70. The fourth-order valence-electron chi connectivity index (χ4n) is 2.40. The molecule has 6 heteroatoms. The predicted octanol–water partition coefficient (Wildman–Crippen LogP) is 2.72. The van der Waals surface area contributed by atoms with E-state index >= 15 is 0 Å². The molecule has 0 saturated heterocycles. The Morgan fingerprint density at radius 1 is 1.00 bits per heavy atom. The lowest BCUT2D eigenvalue weighted by Crippen LogP contribution is -2.31. The molecule has 2 N–H and O–H groups in total. The standard InChI is InChI=1S/C18H18N4O2/c1-12(2)19-18(24)16-21-15(14-10-6-7-11-22(14)16)17(23)20-13-8-4-3-5-9-13/h3-12H,1-2H3,(H,19,24)(H,20,23). The monoisotopic (exact) mass is 322 g/mol. The minimum absolute atomic E-state index is 0.0184. The van der Waals surface area contributed by atoms with Gasteiger partial charge in [0.2, 0.25) is 5.82 Å². The number of hydrogen-bond donors (Lipinski definition) is 2. The molecule has 0 aliphatic rings. The number of pyridine rings is 1. The van der Waals surface area contributed by atoms with Crippen LogP contribution in [-0.2, 0) is 0 Å². The molecule has 0 bridgehead atoms. The fourth-order valence-corrected chi connectivity index (χ4v) is 2.40. The average molecular weight is 322 g/mol. The van der Waals surface area contributed by atoms with Crippen molar-refractivity contribution in [3.05, 3.63) is 66.2 Å². The van der Waals surface area contributed by atoms with Crippen molar-refractivity contribution in [2.45, 2.75) is 19.9 Å². The Hall–Kier alpha value is -3.15. The lowest BCUT2D eigenvalue weighted by molar-refractivity contribution is 0.0932. The molecular formula is C18H18N4O2. The Balaban J connectivity index is 1.99. The molecule has 0 radical (unpaired) electrons. The number of aromatic nitrogens is 2. The SMILES string of the molecule is CC(C)NC(=O)c1nc(C(=O)Nc2ccccc2)c2ccccn12. The van der Waals surface area contributed by atoms with Gasteiger partial charge in [-0.25, -0.2) is 4.98 Å². The van der Waals surface area contributed by atoms with Crippen molar-refractivity contribution in [1.82, 2.24) is 14.7 Å². The molecule has 24 heavy (non-hydrogen) atoms. The molecule has 0 saturated carbocycles. The number of nitrogens with zero attached hydrogens (tertiary/aromatic N) is 2. The first-order chi connectivity index (χ1) is 11.6. The number of benzene rings is 1. The van der Waals surface area contributed by atoms with Crippen molar-refractivity contribution >= 4 is 23.0 Å². The van der Waals surface area contributed by atoms with E-state index in [2.05, 4.69) is 15.6 Å². The zero-order chi connectivity index (χ0) is 17.1. The van der Waals surface area contributed by atoms with Crippen LogP contribution in [0, 0.1) is 0 Å². The topological polar surface area (TPSA) is 75.5 Å². The molecule has 3 rings (SSSR count). The summed E-state index contributed by atoms with van der Waals surface area (Å²) >= 11 is 0. The minimum Gasteiger partial charge on any atom is -0.347 e. The number of fused-ring (bicyclic) bond motifs is 1. The molecule has 1 aromatic carbocycles. The Kier molecular flexibility index (Phi) is 4.29. The molecule has 0 unspecified atom stereocenters. The van der Waals surface area contributed by atoms with Gasteiger partial charge in [0.1, 0.15) is 0 Å². The molecule has 2 aromatic heterocycles. The third-order valence-electron chi connectivity index (χ3n) is 3.42. The Morgan fingerprint density at radius 2 is 1.71 bits per heavy atom. The van der Waals surface area contributed by atoms with Crippen LogP contribution in [0.1, 0.15) is 35.0 Å². The minimum atomic E-state index is -0.353. The third kappa shape index (κ3) is 3.12. The van der Waals surface area contributed by atoms with Crippen molar-refractivity contribution in [3.8, 4) is 0 Å². The van der Waals surface area contributed by atoms with Gasteiger partial charge in [0.05, 0.1) is 5.52 Å². The molecule has 2 amide bonds. The van der Waals surface area contributed by atoms with Gasteiger partial charge in [0, 0.05) is 17.9 Å². The molecular weight excluding hydrogens is 304 g/mol. The average Bonchev–Trinajstić information content (AvgIpc) is 2.95. The zero-order valence-electron chi connectivity index (χ0n) is 13.5. The lowest BCUT2D eigenvalue weighted by atomic mass is 10.3. The van der Waals surface area contributed by atoms with Crippen molar-refractivity contribution < 1.29 is 9.59 Å². The number of anilines is 1. The summed E-state index contributed by atoms with van der Waals surface area (Å²) in [4.78, 5) is 29.2. The van der Waals surface area contributed by atoms with Gasteiger partial charge in [0.25, 0.3) is 11.8 Å². The molecule has 0 aliphatic carbocycles. The van der Waals surface area contributed by atoms with E-state index in [0.717, 1.165) is 0 Å². The van der Waals surface area contributed by atoms with Gasteiger partial charge in [0.15, 0.2) is 5.69 Å². The largest absolute Gasteiger partial charge is 0.347 e. The maximum atomic E-state index is 12.6. The van der Waals surface area contributed by atoms with Crippen LogP contribution < -0.4 is 10.6 Å². The van der Waals surface area contributed by atoms with Crippen molar-refractivity contribution in [1.29, 1.82) is 0 Å². The number of amides is 2. The summed E-state index contributed by atoms with van der Waals surface area (Å²) < 4.78 is 1.62. The summed E-state index contributed by atoms with van der Waals surface area (Å²) in [6.45, 7) is 3.74. The molecule has 3 aromatic rings. The second-order valence-electron chi connectivity index (χ2n) is 5.69. The van der Waals surface area contributed by atoms with Crippen LogP contribution in [0.5, 0.6) is 0 Å². The van der Waals surface area contributed by atoms with Gasteiger partial charge in [-0.05, 0) is 38.1 Å². The first-order valence-electron chi connectivity index (χ1n) is 7.70. The van der Waals surface area contributed by atoms with E-state index in [1.165, 1.54) is 0 Å². The van der Waals surface area contributed by atoms with E-state index in [9.17, 15) is 9.59 Å². The summed E-state index contributed by atoms with van der Waals surface area (Å²) in [5, 5.41) is 5.60. The van der Waals surface area contributed by atoms with Crippen LogP contribution in [-0.4, -0.2) is 27.2 Å². The second-order valence-corrected chi connectivity index (χ2v) is 5.69. The molecule has 122 valence electrons. The highest BCUT2D eigenvalue weighted by atomic mass is 16.2. The van der Waals surface area contributed by atoms with Crippen LogP contribution in [0.2, 0.25) is 0 Å². The Morgan fingerprint density at radius 3 is 2.42 bits per heavy atom. The van der Waals surface area contributed by atoms with Gasteiger partial charge in [-0.3, -0.25) is 14.0 Å². The molecule has 0 spiro atoms. The Bertz CT molecular complexity index is 884. The second kappa shape index (κ2) is 6.54. The highest BCUT2D eigenvalue weighted by Crippen LogP contribution is 2.16.